The lowest BCUT2D eigenvalue weighted by Gasteiger charge is -2.32. The number of nitrogens with one attached hydrogen (secondary N) is 3. The first kappa shape index (κ1) is 38.0. The number of alkyl carbamates (subject to hydrolysis) is 1. The zero-order chi connectivity index (χ0) is 37.5. The first-order valence-corrected chi connectivity index (χ1v) is 17.7. The molecule has 3 aromatic rings. The second-order valence-electron chi connectivity index (χ2n) is 13.9. The van der Waals surface area contributed by atoms with Crippen LogP contribution < -0.4 is 16.0 Å². The number of fused-ring (bicyclic) bond motifs is 3. The Morgan fingerprint density at radius 3 is 1.92 bits per heavy atom. The van der Waals surface area contributed by atoms with E-state index >= 15 is 4.39 Å². The Morgan fingerprint density at radius 1 is 0.769 bits per heavy atom. The fraction of sp³-hybridized carbons (Fsp3) is 0.425. The van der Waals surface area contributed by atoms with Crippen molar-refractivity contribution in [1.82, 2.24) is 20.9 Å². The van der Waals surface area contributed by atoms with Gasteiger partial charge in [-0.2, -0.15) is 0 Å². The standard InChI is InChI=1S/C40H47FN4O7/c1-23(2)33(37(47)43-34(24(3)4)39(49)51-5)42-36(46)31-20-13-21-45(31)38(48)35(32(41)25-14-7-6-8-15-25)44-40(50)52-22-30-28-18-11-9-16-26(28)27-17-10-12-19-29(27)30/h6-12,14-19,23-24,30-35H,13,20-22H2,1-5H3,(H,42,46)(H,43,47)(H,44,50)/t31-,32?,33-,34-,35+/m0/s1. The lowest BCUT2D eigenvalue weighted by Crippen LogP contribution is -2.59. The number of carbonyl (C=O) groups excluding carboxylic acids is 5. The lowest BCUT2D eigenvalue weighted by molar-refractivity contribution is -0.147. The molecule has 11 nitrogen and oxygen atoms in total. The number of benzene rings is 3. The maximum Gasteiger partial charge on any atom is 0.407 e. The van der Waals surface area contributed by atoms with Gasteiger partial charge in [-0.15, -0.1) is 0 Å². The SMILES string of the molecule is COC(=O)[C@@H](NC(=O)[C@@H](NC(=O)[C@@H]1CCCN1C(=O)[C@H](NC(=O)OCC1c2ccccc2-c2ccccc21)C(F)c1ccccc1)C(C)C)C(C)C. The highest BCUT2D eigenvalue weighted by Crippen LogP contribution is 2.44. The predicted octanol–water partition coefficient (Wildman–Crippen LogP) is 5.05. The van der Waals surface area contributed by atoms with Crippen molar-refractivity contribution < 1.29 is 37.8 Å². The van der Waals surface area contributed by atoms with E-state index in [4.69, 9.17) is 9.47 Å². The molecular formula is C40H47FN4O7. The number of nitrogens with zero attached hydrogens (tertiary/aromatic N) is 1. The fourth-order valence-corrected chi connectivity index (χ4v) is 6.99. The molecule has 5 atom stereocenters. The van der Waals surface area contributed by atoms with Gasteiger partial charge in [0.25, 0.3) is 0 Å². The van der Waals surface area contributed by atoms with Gasteiger partial charge in [0.1, 0.15) is 30.8 Å². The quantitative estimate of drug-likeness (QED) is 0.211. The molecule has 0 bridgehead atoms. The first-order chi connectivity index (χ1) is 24.9. The zero-order valence-electron chi connectivity index (χ0n) is 30.1. The minimum absolute atomic E-state index is 0.0376. The van der Waals surface area contributed by atoms with Crippen LogP contribution in [0, 0.1) is 11.8 Å². The molecule has 12 heteroatoms. The number of rotatable bonds is 13. The summed E-state index contributed by atoms with van der Waals surface area (Å²) >= 11 is 0. The lowest BCUT2D eigenvalue weighted by atomic mass is 9.98. The number of ether oxygens (including phenoxy) is 2. The highest BCUT2D eigenvalue weighted by Gasteiger charge is 2.43. The Labute approximate surface area is 303 Å². The molecule has 0 saturated carbocycles. The second kappa shape index (κ2) is 16.8. The van der Waals surface area contributed by atoms with Gasteiger partial charge < -0.3 is 30.3 Å². The average molecular weight is 715 g/mol. The maximum atomic E-state index is 16.3. The molecule has 0 radical (unpaired) electrons. The van der Waals surface area contributed by atoms with Gasteiger partial charge in [0.15, 0.2) is 6.17 Å². The summed E-state index contributed by atoms with van der Waals surface area (Å²) in [5, 5.41) is 7.91. The van der Waals surface area contributed by atoms with Gasteiger partial charge in [-0.25, -0.2) is 14.0 Å². The third-order valence-corrected chi connectivity index (χ3v) is 9.80. The summed E-state index contributed by atoms with van der Waals surface area (Å²) in [6, 6.07) is 19.0. The minimum atomic E-state index is -1.96. The van der Waals surface area contributed by atoms with Crippen molar-refractivity contribution in [1.29, 1.82) is 0 Å². The number of alkyl halides is 1. The molecule has 3 N–H and O–H groups in total. The van der Waals surface area contributed by atoms with Crippen molar-refractivity contribution in [2.75, 3.05) is 20.3 Å². The predicted molar refractivity (Wildman–Crippen MR) is 193 cm³/mol. The summed E-state index contributed by atoms with van der Waals surface area (Å²) in [5.74, 6) is -3.49. The van der Waals surface area contributed by atoms with Gasteiger partial charge >= 0.3 is 12.1 Å². The Morgan fingerprint density at radius 2 is 1.35 bits per heavy atom. The Bertz CT molecular complexity index is 1720. The number of carbonyl (C=O) groups is 5. The summed E-state index contributed by atoms with van der Waals surface area (Å²) < 4.78 is 26.8. The third kappa shape index (κ3) is 8.27. The van der Waals surface area contributed by atoms with Crippen LogP contribution in [0.2, 0.25) is 0 Å². The van der Waals surface area contributed by atoms with E-state index in [0.29, 0.717) is 6.42 Å². The number of hydrogen-bond donors (Lipinski definition) is 3. The number of likely N-dealkylation sites (tertiary alicyclic amines) is 1. The van der Waals surface area contributed by atoms with E-state index in [0.717, 1.165) is 22.3 Å². The minimum Gasteiger partial charge on any atom is -0.467 e. The molecule has 1 saturated heterocycles. The van der Waals surface area contributed by atoms with Crippen molar-refractivity contribution >= 4 is 29.8 Å². The van der Waals surface area contributed by atoms with Gasteiger partial charge in [-0.1, -0.05) is 107 Å². The molecule has 1 heterocycles. The maximum absolute atomic E-state index is 16.3. The molecule has 52 heavy (non-hydrogen) atoms. The number of methoxy groups -OCH3 is 1. The normalized spacial score (nSPS) is 17.4. The molecule has 1 unspecified atom stereocenters. The van der Waals surface area contributed by atoms with Crippen molar-refractivity contribution in [2.24, 2.45) is 11.8 Å². The Hall–Kier alpha value is -5.26. The fourth-order valence-electron chi connectivity index (χ4n) is 6.99. The summed E-state index contributed by atoms with van der Waals surface area (Å²) in [4.78, 5) is 68.2. The van der Waals surface area contributed by atoms with Crippen LogP contribution in [-0.4, -0.2) is 79.1 Å². The number of esters is 1. The highest BCUT2D eigenvalue weighted by atomic mass is 19.1. The van der Waals surface area contributed by atoms with Crippen LogP contribution in [0.5, 0.6) is 0 Å². The monoisotopic (exact) mass is 714 g/mol. The first-order valence-electron chi connectivity index (χ1n) is 17.7. The second-order valence-corrected chi connectivity index (χ2v) is 13.9. The van der Waals surface area contributed by atoms with Gasteiger partial charge in [0.2, 0.25) is 17.7 Å². The van der Waals surface area contributed by atoms with E-state index in [-0.39, 0.29) is 42.9 Å². The third-order valence-electron chi connectivity index (χ3n) is 9.80. The van der Waals surface area contributed by atoms with Crippen molar-refractivity contribution in [3.05, 3.63) is 95.6 Å². The summed E-state index contributed by atoms with van der Waals surface area (Å²) in [7, 11) is 1.23. The Balaban J connectivity index is 1.31. The van der Waals surface area contributed by atoms with Gasteiger partial charge in [0, 0.05) is 12.5 Å². The van der Waals surface area contributed by atoms with Crippen molar-refractivity contribution in [3.63, 3.8) is 0 Å². The molecule has 5 rings (SSSR count). The number of hydrogen-bond acceptors (Lipinski definition) is 7. The Kier molecular flexibility index (Phi) is 12.3. The van der Waals surface area contributed by atoms with E-state index in [1.807, 2.05) is 48.5 Å². The zero-order valence-corrected chi connectivity index (χ0v) is 30.1. The van der Waals surface area contributed by atoms with E-state index < -0.39 is 60.1 Å². The molecule has 2 aliphatic rings. The molecule has 0 aromatic heterocycles. The summed E-state index contributed by atoms with van der Waals surface area (Å²) in [6.45, 7) is 7.10. The van der Waals surface area contributed by atoms with E-state index in [2.05, 4.69) is 16.0 Å². The smallest absolute Gasteiger partial charge is 0.407 e. The van der Waals surface area contributed by atoms with Gasteiger partial charge in [-0.3, -0.25) is 14.4 Å². The topological polar surface area (TPSA) is 143 Å². The number of amides is 4. The molecule has 1 fully saturated rings. The van der Waals surface area contributed by atoms with Gasteiger partial charge in [-0.05, 0) is 52.5 Å². The molecule has 3 aromatic carbocycles. The molecule has 276 valence electrons. The molecular weight excluding hydrogens is 667 g/mol. The molecule has 4 amide bonds. The van der Waals surface area contributed by atoms with Crippen LogP contribution in [-0.2, 0) is 28.7 Å². The summed E-state index contributed by atoms with van der Waals surface area (Å²) in [6.07, 6.45) is -2.22. The van der Waals surface area contributed by atoms with Crippen molar-refractivity contribution in [2.45, 2.75) is 76.8 Å². The largest absolute Gasteiger partial charge is 0.467 e. The van der Waals surface area contributed by atoms with Crippen LogP contribution in [0.25, 0.3) is 11.1 Å². The average Bonchev–Trinajstić information content (AvgIpc) is 3.77. The van der Waals surface area contributed by atoms with Gasteiger partial charge in [0.05, 0.1) is 7.11 Å². The van der Waals surface area contributed by atoms with E-state index in [1.54, 1.807) is 45.9 Å². The molecule has 0 spiro atoms. The van der Waals surface area contributed by atoms with E-state index in [1.165, 1.54) is 24.1 Å². The molecule has 1 aliphatic carbocycles. The van der Waals surface area contributed by atoms with E-state index in [9.17, 15) is 24.0 Å². The van der Waals surface area contributed by atoms with Crippen LogP contribution >= 0.6 is 0 Å². The van der Waals surface area contributed by atoms with Crippen LogP contribution in [0.4, 0.5) is 9.18 Å². The van der Waals surface area contributed by atoms with Crippen molar-refractivity contribution in [3.8, 4) is 11.1 Å². The number of halogens is 1. The van der Waals surface area contributed by atoms with Crippen LogP contribution in [0.1, 0.15) is 69.3 Å². The van der Waals surface area contributed by atoms with Crippen LogP contribution in [0.3, 0.4) is 0 Å². The van der Waals surface area contributed by atoms with Crippen LogP contribution in [0.15, 0.2) is 78.9 Å². The summed E-state index contributed by atoms with van der Waals surface area (Å²) in [5.41, 5.74) is 4.27. The highest BCUT2D eigenvalue weighted by molar-refractivity contribution is 5.95. The molecule has 1 aliphatic heterocycles.